The van der Waals surface area contributed by atoms with Gasteiger partial charge in [0.2, 0.25) is 5.96 Å². The lowest BCUT2D eigenvalue weighted by Gasteiger charge is -2.23. The van der Waals surface area contributed by atoms with Crippen LogP contribution in [-0.4, -0.2) is 40.0 Å². The van der Waals surface area contributed by atoms with Crippen LogP contribution in [0, 0.1) is 12.7 Å². The molecule has 1 fully saturated rings. The second kappa shape index (κ2) is 9.91. The minimum atomic E-state index is -0.316. The van der Waals surface area contributed by atoms with E-state index in [-0.39, 0.29) is 17.8 Å². The molecule has 1 saturated heterocycles. The third-order valence-corrected chi connectivity index (χ3v) is 5.65. The standard InChI is InChI=1S/C26H28FN5O2/c1-5-12-28-26-30-22(25(33)32(26)18(3)20-7-9-21(27)10-8-20)13-19-6-11-23(24(14-19)34-4)31-15-17(2)29-16-31/h6-11,13-16,18H,5,12H2,1-4H3,(H,28,30)/b22-13-/t18-/m0/s1. The SMILES string of the molecule is CCCN=C1N/C(=C\c2ccc(-n3cnc(C)c3)c(OC)c2)C(=O)N1[C@@H](C)c1ccc(F)cc1. The Morgan fingerprint density at radius 3 is 2.65 bits per heavy atom. The van der Waals surface area contributed by atoms with E-state index in [0.717, 1.165) is 28.9 Å². The van der Waals surface area contributed by atoms with Gasteiger partial charge in [-0.2, -0.15) is 0 Å². The first-order valence-corrected chi connectivity index (χ1v) is 11.2. The molecule has 0 spiro atoms. The van der Waals surface area contributed by atoms with Crippen molar-refractivity contribution in [1.29, 1.82) is 0 Å². The van der Waals surface area contributed by atoms with Crippen molar-refractivity contribution < 1.29 is 13.9 Å². The van der Waals surface area contributed by atoms with Gasteiger partial charge in [-0.25, -0.2) is 9.37 Å². The number of imidazole rings is 1. The van der Waals surface area contributed by atoms with Crippen molar-refractivity contribution >= 4 is 17.9 Å². The molecule has 7 nitrogen and oxygen atoms in total. The third-order valence-electron chi connectivity index (χ3n) is 5.65. The molecule has 1 aromatic heterocycles. The molecule has 34 heavy (non-hydrogen) atoms. The van der Waals surface area contributed by atoms with E-state index in [1.165, 1.54) is 12.1 Å². The fraction of sp³-hybridized carbons (Fsp3) is 0.269. The molecule has 0 aliphatic carbocycles. The van der Waals surface area contributed by atoms with E-state index in [9.17, 15) is 9.18 Å². The average Bonchev–Trinajstić information content (AvgIpc) is 3.40. The topological polar surface area (TPSA) is 71.7 Å². The van der Waals surface area contributed by atoms with E-state index in [0.29, 0.717) is 24.0 Å². The maximum atomic E-state index is 13.4. The van der Waals surface area contributed by atoms with Crippen molar-refractivity contribution in [2.75, 3.05) is 13.7 Å². The zero-order valence-electron chi connectivity index (χ0n) is 19.7. The zero-order valence-corrected chi connectivity index (χ0v) is 19.7. The average molecular weight is 462 g/mol. The molecule has 2 aromatic carbocycles. The number of hydrogen-bond acceptors (Lipinski definition) is 4. The summed E-state index contributed by atoms with van der Waals surface area (Å²) in [6.07, 6.45) is 6.29. The van der Waals surface area contributed by atoms with Crippen molar-refractivity contribution in [2.45, 2.75) is 33.2 Å². The molecule has 0 radical (unpaired) electrons. The van der Waals surface area contributed by atoms with Gasteiger partial charge in [0, 0.05) is 12.7 Å². The predicted octanol–water partition coefficient (Wildman–Crippen LogP) is 4.63. The number of halogens is 1. The molecular weight excluding hydrogens is 433 g/mol. The van der Waals surface area contributed by atoms with Gasteiger partial charge < -0.3 is 14.6 Å². The van der Waals surface area contributed by atoms with Crippen LogP contribution >= 0.6 is 0 Å². The summed E-state index contributed by atoms with van der Waals surface area (Å²) in [7, 11) is 1.61. The Balaban J connectivity index is 1.66. The molecule has 4 rings (SSSR count). The smallest absolute Gasteiger partial charge is 0.277 e. The molecule has 1 amide bonds. The minimum Gasteiger partial charge on any atom is -0.495 e. The van der Waals surface area contributed by atoms with Gasteiger partial charge in [-0.05, 0) is 61.7 Å². The minimum absolute atomic E-state index is 0.194. The van der Waals surface area contributed by atoms with Crippen molar-refractivity contribution in [3.8, 4) is 11.4 Å². The molecule has 1 aliphatic heterocycles. The molecular formula is C26H28FN5O2. The molecule has 8 heteroatoms. The van der Waals surface area contributed by atoms with Gasteiger partial charge in [0.1, 0.15) is 17.3 Å². The van der Waals surface area contributed by atoms with Crippen LogP contribution in [0.1, 0.15) is 43.1 Å². The molecule has 1 N–H and O–H groups in total. The number of aliphatic imine (C=N–C) groups is 1. The van der Waals surface area contributed by atoms with Crippen molar-refractivity contribution in [3.05, 3.63) is 83.3 Å². The molecule has 3 aromatic rings. The lowest BCUT2D eigenvalue weighted by molar-refractivity contribution is -0.123. The first kappa shape index (κ1) is 23.2. The summed E-state index contributed by atoms with van der Waals surface area (Å²) in [5.74, 6) is 0.645. The molecule has 0 bridgehead atoms. The van der Waals surface area contributed by atoms with Crippen LogP contribution in [-0.2, 0) is 4.79 Å². The highest BCUT2D eigenvalue weighted by Gasteiger charge is 2.36. The number of methoxy groups -OCH3 is 1. The van der Waals surface area contributed by atoms with Gasteiger partial charge in [-0.3, -0.25) is 14.7 Å². The Kier molecular flexibility index (Phi) is 6.77. The lowest BCUT2D eigenvalue weighted by Crippen LogP contribution is -2.35. The number of carbonyl (C=O) groups is 1. The lowest BCUT2D eigenvalue weighted by atomic mass is 10.1. The Bertz CT molecular complexity index is 1250. The Morgan fingerprint density at radius 1 is 1.24 bits per heavy atom. The van der Waals surface area contributed by atoms with E-state index in [1.807, 2.05) is 49.7 Å². The van der Waals surface area contributed by atoms with Gasteiger partial charge >= 0.3 is 0 Å². The first-order valence-electron chi connectivity index (χ1n) is 11.2. The highest BCUT2D eigenvalue weighted by atomic mass is 19.1. The van der Waals surface area contributed by atoms with E-state index >= 15 is 0 Å². The molecule has 1 atom stereocenters. The van der Waals surface area contributed by atoms with Crippen LogP contribution in [0.15, 0.2) is 65.7 Å². The van der Waals surface area contributed by atoms with Crippen molar-refractivity contribution in [3.63, 3.8) is 0 Å². The van der Waals surface area contributed by atoms with Crippen LogP contribution in [0.5, 0.6) is 5.75 Å². The number of rotatable bonds is 7. The first-order chi connectivity index (χ1) is 16.4. The number of aromatic nitrogens is 2. The van der Waals surface area contributed by atoms with Crippen molar-refractivity contribution in [2.24, 2.45) is 4.99 Å². The van der Waals surface area contributed by atoms with Crippen LogP contribution in [0.2, 0.25) is 0 Å². The van der Waals surface area contributed by atoms with Crippen LogP contribution in [0.3, 0.4) is 0 Å². The second-order valence-corrected chi connectivity index (χ2v) is 8.14. The second-order valence-electron chi connectivity index (χ2n) is 8.14. The van der Waals surface area contributed by atoms with Gasteiger partial charge in [-0.1, -0.05) is 25.1 Å². The highest BCUT2D eigenvalue weighted by Crippen LogP contribution is 2.29. The summed E-state index contributed by atoms with van der Waals surface area (Å²) in [6.45, 7) is 6.45. The fourth-order valence-corrected chi connectivity index (χ4v) is 3.86. The number of carbonyl (C=O) groups excluding carboxylic acids is 1. The molecule has 1 aliphatic rings. The Hall–Kier alpha value is -3.94. The number of nitrogens with one attached hydrogen (secondary N) is 1. The van der Waals surface area contributed by atoms with E-state index in [4.69, 9.17) is 4.74 Å². The summed E-state index contributed by atoms with van der Waals surface area (Å²) in [6, 6.07) is 11.6. The largest absolute Gasteiger partial charge is 0.495 e. The highest BCUT2D eigenvalue weighted by molar-refractivity contribution is 6.15. The summed E-state index contributed by atoms with van der Waals surface area (Å²) in [5, 5.41) is 3.18. The monoisotopic (exact) mass is 461 g/mol. The molecule has 0 saturated carbocycles. The number of guanidine groups is 1. The number of benzene rings is 2. The summed E-state index contributed by atoms with van der Waals surface area (Å²) < 4.78 is 20.9. The predicted molar refractivity (Wildman–Crippen MR) is 130 cm³/mol. The van der Waals surface area contributed by atoms with Gasteiger partial charge in [0.25, 0.3) is 5.91 Å². The van der Waals surface area contributed by atoms with Gasteiger partial charge in [0.15, 0.2) is 0 Å². The van der Waals surface area contributed by atoms with Crippen molar-refractivity contribution in [1.82, 2.24) is 19.8 Å². The fourth-order valence-electron chi connectivity index (χ4n) is 3.86. The molecule has 176 valence electrons. The normalized spacial score (nSPS) is 16.9. The number of amides is 1. The van der Waals surface area contributed by atoms with Gasteiger partial charge in [-0.15, -0.1) is 0 Å². The number of nitrogens with zero attached hydrogens (tertiary/aromatic N) is 4. The van der Waals surface area contributed by atoms with E-state index in [2.05, 4.69) is 15.3 Å². The van der Waals surface area contributed by atoms with E-state index in [1.54, 1.807) is 36.5 Å². The Labute approximate surface area is 198 Å². The molecule has 0 unspecified atom stereocenters. The number of hydrogen-bond donors (Lipinski definition) is 1. The van der Waals surface area contributed by atoms with Crippen LogP contribution in [0.25, 0.3) is 11.8 Å². The maximum Gasteiger partial charge on any atom is 0.277 e. The zero-order chi connectivity index (χ0) is 24.2. The van der Waals surface area contributed by atoms with Crippen LogP contribution < -0.4 is 10.1 Å². The molecule has 2 heterocycles. The maximum absolute atomic E-state index is 13.4. The quantitative estimate of drug-likeness (QED) is 0.521. The number of aryl methyl sites for hydroxylation is 1. The summed E-state index contributed by atoms with van der Waals surface area (Å²) in [4.78, 5) is 23.9. The van der Waals surface area contributed by atoms with E-state index < -0.39 is 0 Å². The Morgan fingerprint density at radius 2 is 2.00 bits per heavy atom. The third kappa shape index (κ3) is 4.71. The summed E-state index contributed by atoms with van der Waals surface area (Å²) in [5.41, 5.74) is 3.80. The summed E-state index contributed by atoms with van der Waals surface area (Å²) >= 11 is 0. The van der Waals surface area contributed by atoms with Gasteiger partial charge in [0.05, 0.1) is 30.9 Å². The number of ether oxygens (including phenoxy) is 1. The van der Waals surface area contributed by atoms with Crippen LogP contribution in [0.4, 0.5) is 4.39 Å².